The van der Waals surface area contributed by atoms with E-state index in [2.05, 4.69) is 69.9 Å². The largest absolute Gasteiger partial charge is 0.465 e. The molecule has 3 heterocycles. The Morgan fingerprint density at radius 3 is 2.33 bits per heavy atom. The molecule has 0 aromatic carbocycles. The van der Waals surface area contributed by atoms with Gasteiger partial charge in [-0.1, -0.05) is 80.0 Å². The Bertz CT molecular complexity index is 2090. The van der Waals surface area contributed by atoms with Crippen molar-refractivity contribution >= 4 is 17.8 Å². The Morgan fingerprint density at radius 1 is 0.841 bits per heavy atom. The molecule has 7 aliphatic rings. The number of likely N-dealkylation sites (tertiary alicyclic amines) is 1. The molecule has 9 heteroatoms. The number of aromatic nitrogens is 3. The van der Waals surface area contributed by atoms with E-state index in [0.29, 0.717) is 48.5 Å². The van der Waals surface area contributed by atoms with Gasteiger partial charge < -0.3 is 19.4 Å². The van der Waals surface area contributed by atoms with E-state index in [1.165, 1.54) is 18.4 Å². The normalized spacial score (nSPS) is 41.0. The summed E-state index contributed by atoms with van der Waals surface area (Å²) >= 11 is 0. The van der Waals surface area contributed by atoms with E-state index >= 15 is 4.79 Å². The predicted octanol–water partition coefficient (Wildman–Crippen LogP) is 11.7. The van der Waals surface area contributed by atoms with E-state index in [-0.39, 0.29) is 63.0 Å². The van der Waals surface area contributed by atoms with E-state index in [0.717, 1.165) is 101 Å². The first-order valence-corrected chi connectivity index (χ1v) is 25.1. The van der Waals surface area contributed by atoms with Gasteiger partial charge in [-0.2, -0.15) is 0 Å². The number of hydrogen-bond donors (Lipinski definition) is 1. The Morgan fingerprint density at radius 2 is 1.62 bits per heavy atom. The van der Waals surface area contributed by atoms with E-state index in [4.69, 9.17) is 14.5 Å². The lowest BCUT2D eigenvalue weighted by atomic mass is 9.32. The van der Waals surface area contributed by atoms with Crippen LogP contribution in [0.25, 0.3) is 11.4 Å². The summed E-state index contributed by atoms with van der Waals surface area (Å²) in [4.78, 5) is 57.7. The van der Waals surface area contributed by atoms with Crippen molar-refractivity contribution in [2.45, 2.75) is 171 Å². The van der Waals surface area contributed by atoms with Crippen molar-refractivity contribution < 1.29 is 23.9 Å². The number of unbranched alkanes of at least 4 members (excludes halogenated alkanes) is 1. The van der Waals surface area contributed by atoms with E-state index in [1.54, 1.807) is 0 Å². The number of fused-ring (bicyclic) bond motifs is 7. The molecule has 9 nitrogen and oxygen atoms in total. The monoisotopic (exact) mass is 863 g/mol. The van der Waals surface area contributed by atoms with Gasteiger partial charge in [-0.05, 0) is 160 Å². The molecule has 6 aliphatic carbocycles. The maximum atomic E-state index is 15.6. The molecule has 9 rings (SSSR count). The summed E-state index contributed by atoms with van der Waals surface area (Å²) in [6.07, 6.45) is 18.5. The molecule has 63 heavy (non-hydrogen) atoms. The highest BCUT2D eigenvalue weighted by Crippen LogP contribution is 2.78. The highest BCUT2D eigenvalue weighted by molar-refractivity contribution is 5.85. The summed E-state index contributed by atoms with van der Waals surface area (Å²) in [5.41, 5.74) is 2.39. The zero-order valence-corrected chi connectivity index (χ0v) is 40.2. The second-order valence-corrected chi connectivity index (χ2v) is 23.9. The molecule has 7 fully saturated rings. The van der Waals surface area contributed by atoms with Crippen molar-refractivity contribution in [1.29, 1.82) is 0 Å². The summed E-state index contributed by atoms with van der Waals surface area (Å²) in [7, 11) is 0. The number of carbonyl (C=O) groups excluding carboxylic acids is 3. The van der Waals surface area contributed by atoms with Gasteiger partial charge in [0.25, 0.3) is 0 Å². The lowest BCUT2D eigenvalue weighted by Crippen LogP contribution is -2.67. The second-order valence-electron chi connectivity index (χ2n) is 23.9. The number of aromatic amines is 1. The molecule has 1 amide bonds. The van der Waals surface area contributed by atoms with Gasteiger partial charge in [-0.15, -0.1) is 0 Å². The highest BCUT2D eigenvalue weighted by atomic mass is 16.5. The molecule has 2 aromatic heterocycles. The molecule has 6 saturated carbocycles. The summed E-state index contributed by atoms with van der Waals surface area (Å²) in [6.45, 7) is 27.0. The first-order valence-electron chi connectivity index (χ1n) is 25.1. The minimum atomic E-state index is -0.473. The number of ether oxygens (including phenoxy) is 2. The number of allylic oxidation sites excluding steroid dienone is 1. The fourth-order valence-electron chi connectivity index (χ4n) is 16.8. The van der Waals surface area contributed by atoms with E-state index in [9.17, 15) is 9.59 Å². The zero-order chi connectivity index (χ0) is 44.9. The maximum absolute atomic E-state index is 15.6. The minimum Gasteiger partial charge on any atom is -0.465 e. The average Bonchev–Trinajstić information content (AvgIpc) is 4.02. The van der Waals surface area contributed by atoms with Gasteiger partial charge in [-0.25, -0.2) is 4.98 Å². The molecule has 1 N–H and O–H groups in total. The van der Waals surface area contributed by atoms with Crippen LogP contribution in [0.3, 0.4) is 0 Å². The van der Waals surface area contributed by atoms with Gasteiger partial charge in [0.05, 0.1) is 47.5 Å². The Hall–Kier alpha value is -3.49. The number of nitrogens with zero attached hydrogens (tertiary/aromatic N) is 3. The van der Waals surface area contributed by atoms with Crippen LogP contribution in [0.4, 0.5) is 0 Å². The third-order valence-corrected chi connectivity index (χ3v) is 20.6. The molecule has 0 radical (unpaired) electrons. The van der Waals surface area contributed by atoms with Crippen LogP contribution in [0.1, 0.15) is 170 Å². The quantitative estimate of drug-likeness (QED) is 0.144. The number of hydrogen-bond acceptors (Lipinski definition) is 7. The van der Waals surface area contributed by atoms with Crippen molar-refractivity contribution in [3.63, 3.8) is 0 Å². The number of carbonyl (C=O) groups is 3. The van der Waals surface area contributed by atoms with Crippen molar-refractivity contribution in [3.8, 4) is 11.4 Å². The standard InChI is InChI=1S/C54H78N4O5/c1-11-12-30-62-46(59)36-31-37(49(36,4)5)47(60)63-43-22-23-51(8)41(50(43,6)7)21-24-53(10)42(51)19-18-35-44-34(33(2)3)20-25-54(44,27-26-52(35,53)9)48(61)58-29-15-17-40(58)45-56-32-39(57-45)38-16-13-14-28-55-38/h13-14,16,28,32,34-37,40-44H,2,11-12,15,17-27,29-31H2,1,3-10H3,(H,56,57)/t34-,35+,36-,37+,40-,41-,42+,43-,44+,51-,52+,53+,54-/m0/s1. The number of rotatable bonds is 10. The SMILES string of the molecule is C=C(C)[C@@H]1CC[C@]2(C(=O)N3CCC[C@H]3c3ncc(-c4ccccn4)[nH]3)CC[C@]3(C)[C@H](CC[C@@H]4[C@@]5(C)CC[C@H](OC(=O)[C@H]6C[C@@H](C(=O)OCCCC)C6(C)C)C(C)(C)[C@@H]5CC[C@]43C)[C@@H]12. The summed E-state index contributed by atoms with van der Waals surface area (Å²) < 4.78 is 12.2. The van der Waals surface area contributed by atoms with Crippen molar-refractivity contribution in [3.05, 3.63) is 48.6 Å². The van der Waals surface area contributed by atoms with Crippen LogP contribution >= 0.6 is 0 Å². The van der Waals surface area contributed by atoms with Crippen LogP contribution in [-0.4, -0.2) is 57.0 Å². The third kappa shape index (κ3) is 6.66. The molecule has 2 aromatic rings. The van der Waals surface area contributed by atoms with Gasteiger partial charge in [0, 0.05) is 18.2 Å². The minimum absolute atomic E-state index is 0.0420. The molecule has 1 saturated heterocycles. The fourth-order valence-corrected chi connectivity index (χ4v) is 16.8. The van der Waals surface area contributed by atoms with Crippen molar-refractivity contribution in [1.82, 2.24) is 19.9 Å². The molecule has 344 valence electrons. The number of amides is 1. The molecule has 1 aliphatic heterocycles. The predicted molar refractivity (Wildman–Crippen MR) is 246 cm³/mol. The van der Waals surface area contributed by atoms with Crippen LogP contribution in [-0.2, 0) is 23.9 Å². The number of imidazole rings is 1. The van der Waals surface area contributed by atoms with Gasteiger partial charge >= 0.3 is 11.9 Å². The van der Waals surface area contributed by atoms with Crippen LogP contribution in [0.5, 0.6) is 0 Å². The van der Waals surface area contributed by atoms with Crippen molar-refractivity contribution in [2.75, 3.05) is 13.2 Å². The van der Waals surface area contributed by atoms with Crippen LogP contribution in [0, 0.1) is 73.9 Å². The second kappa shape index (κ2) is 15.8. The molecule has 0 bridgehead atoms. The summed E-state index contributed by atoms with van der Waals surface area (Å²) in [6, 6.07) is 5.89. The fraction of sp³-hybridized carbons (Fsp3) is 0.759. The molecular formula is C54H78N4O5. The number of H-pyrrole nitrogens is 1. The first kappa shape index (κ1) is 44.7. The van der Waals surface area contributed by atoms with Crippen LogP contribution < -0.4 is 0 Å². The van der Waals surface area contributed by atoms with Crippen LogP contribution in [0.2, 0.25) is 0 Å². The topological polar surface area (TPSA) is 114 Å². The Kier molecular flexibility index (Phi) is 11.2. The van der Waals surface area contributed by atoms with Crippen LogP contribution in [0.15, 0.2) is 42.7 Å². The number of pyridine rings is 1. The molecule has 13 atom stereocenters. The molecule has 0 spiro atoms. The Balaban J connectivity index is 0.931. The Labute approximate surface area is 378 Å². The molecule has 0 unspecified atom stereocenters. The lowest BCUT2D eigenvalue weighted by molar-refractivity contribution is -0.251. The first-order chi connectivity index (χ1) is 29.8. The smallest absolute Gasteiger partial charge is 0.309 e. The van der Waals surface area contributed by atoms with Crippen molar-refractivity contribution in [2.24, 2.45) is 73.9 Å². The van der Waals surface area contributed by atoms with E-state index < -0.39 is 5.41 Å². The van der Waals surface area contributed by atoms with Gasteiger partial charge in [0.2, 0.25) is 5.91 Å². The van der Waals surface area contributed by atoms with Gasteiger partial charge in [-0.3, -0.25) is 19.4 Å². The van der Waals surface area contributed by atoms with Gasteiger partial charge in [0.1, 0.15) is 11.9 Å². The van der Waals surface area contributed by atoms with Gasteiger partial charge in [0.15, 0.2) is 0 Å². The van der Waals surface area contributed by atoms with E-state index in [1.807, 2.05) is 44.4 Å². The summed E-state index contributed by atoms with van der Waals surface area (Å²) in [5, 5.41) is 0. The third-order valence-electron chi connectivity index (χ3n) is 20.6. The zero-order valence-electron chi connectivity index (χ0n) is 40.2. The lowest BCUT2D eigenvalue weighted by Gasteiger charge is -2.73. The molecular weight excluding hydrogens is 785 g/mol. The summed E-state index contributed by atoms with van der Waals surface area (Å²) in [5.74, 6) is 2.54. The number of esters is 2. The highest BCUT2D eigenvalue weighted by Gasteiger charge is 2.72. The number of nitrogens with one attached hydrogen (secondary N) is 1. The maximum Gasteiger partial charge on any atom is 0.309 e. The average molecular weight is 863 g/mol.